The number of aryl methyl sites for hydroxylation is 1. The van der Waals surface area contributed by atoms with E-state index in [1.54, 1.807) is 0 Å². The molecule has 3 aliphatic heterocycles. The first-order valence-electron chi connectivity index (χ1n) is 17.0. The number of benzene rings is 1. The Labute approximate surface area is 292 Å². The van der Waals surface area contributed by atoms with Crippen LogP contribution in [0, 0.1) is 17.8 Å². The van der Waals surface area contributed by atoms with E-state index in [0.29, 0.717) is 36.1 Å². The zero-order valence-corrected chi connectivity index (χ0v) is 29.0. The highest BCUT2D eigenvalue weighted by Gasteiger charge is 2.30. The Morgan fingerprint density at radius 2 is 2.06 bits per heavy atom. The molecule has 1 aliphatic carbocycles. The van der Waals surface area contributed by atoms with Crippen LogP contribution in [0.4, 0.5) is 0 Å². The molecule has 1 aromatic carbocycles. The number of nitrogens with one attached hydrogen (secondary N) is 1. The smallest absolute Gasteiger partial charge is 0.311 e. The second-order valence-electron chi connectivity index (χ2n) is 13.0. The third-order valence-corrected chi connectivity index (χ3v) is 10.3. The van der Waals surface area contributed by atoms with Crippen molar-refractivity contribution in [2.75, 3.05) is 52.5 Å². The average Bonchev–Trinajstić information content (AvgIpc) is 3.74. The van der Waals surface area contributed by atoms with Gasteiger partial charge in [-0.05, 0) is 50.3 Å². The summed E-state index contributed by atoms with van der Waals surface area (Å²) in [6.45, 7) is 9.31. The van der Waals surface area contributed by atoms with Gasteiger partial charge >= 0.3 is 11.8 Å². The van der Waals surface area contributed by atoms with E-state index in [2.05, 4.69) is 39.7 Å². The number of morpholine rings is 1. The topological polar surface area (TPSA) is 115 Å². The molecule has 0 spiro atoms. The minimum Gasteiger partial charge on any atom is -0.379 e. The molecule has 4 heterocycles. The highest BCUT2D eigenvalue weighted by Crippen LogP contribution is 2.33. The number of nitrogens with zero attached hydrogens (tertiary/aromatic N) is 4. The number of halogens is 2. The number of carbonyl (C=O) groups excluding carboxylic acids is 2. The van der Waals surface area contributed by atoms with Crippen molar-refractivity contribution in [1.82, 2.24) is 24.9 Å². The minimum atomic E-state index is -0.953. The quantitative estimate of drug-likeness (QED) is 0.303. The Kier molecular flexibility index (Phi) is 11.6. The van der Waals surface area contributed by atoms with Crippen LogP contribution >= 0.6 is 23.2 Å². The lowest BCUT2D eigenvalue weighted by atomic mass is 9.95. The van der Waals surface area contributed by atoms with Crippen molar-refractivity contribution in [2.45, 2.75) is 64.3 Å². The van der Waals surface area contributed by atoms with Crippen molar-refractivity contribution in [1.29, 1.82) is 0 Å². The summed E-state index contributed by atoms with van der Waals surface area (Å²) in [7, 11) is 0. The average molecular weight is 696 g/mol. The van der Waals surface area contributed by atoms with Gasteiger partial charge in [-0.2, -0.15) is 5.10 Å². The van der Waals surface area contributed by atoms with Crippen LogP contribution in [-0.4, -0.2) is 96.1 Å². The zero-order chi connectivity index (χ0) is 33.6. The van der Waals surface area contributed by atoms with E-state index in [0.717, 1.165) is 105 Å². The van der Waals surface area contributed by atoms with Crippen molar-refractivity contribution in [2.24, 2.45) is 11.7 Å². The maximum atomic E-state index is 12.6. The third-order valence-electron chi connectivity index (χ3n) is 9.56. The number of nitrogens with two attached hydrogens (primary N) is 1. The first kappa shape index (κ1) is 34.7. The molecule has 256 valence electrons. The summed E-state index contributed by atoms with van der Waals surface area (Å²) in [4.78, 5) is 28.3. The van der Waals surface area contributed by atoms with E-state index in [-0.39, 0.29) is 18.6 Å². The predicted molar refractivity (Wildman–Crippen MR) is 186 cm³/mol. The number of aromatic nitrogens is 2. The minimum absolute atomic E-state index is 0.00118. The highest BCUT2D eigenvalue weighted by atomic mass is 35.5. The van der Waals surface area contributed by atoms with Gasteiger partial charge in [0, 0.05) is 91.7 Å². The van der Waals surface area contributed by atoms with Crippen LogP contribution < -0.4 is 11.1 Å². The van der Waals surface area contributed by atoms with Crippen LogP contribution in [0.5, 0.6) is 0 Å². The van der Waals surface area contributed by atoms with Crippen molar-refractivity contribution in [3.05, 3.63) is 62.8 Å². The van der Waals surface area contributed by atoms with Gasteiger partial charge < -0.3 is 25.4 Å². The second kappa shape index (κ2) is 16.0. The van der Waals surface area contributed by atoms with Gasteiger partial charge in [0.1, 0.15) is 0 Å². The number of hydrogen-bond acceptors (Lipinski definition) is 7. The molecule has 12 heteroatoms. The van der Waals surface area contributed by atoms with Crippen LogP contribution in [0.2, 0.25) is 5.02 Å². The van der Waals surface area contributed by atoms with E-state index in [9.17, 15) is 9.59 Å². The molecule has 48 heavy (non-hydrogen) atoms. The fourth-order valence-electron chi connectivity index (χ4n) is 6.86. The monoisotopic (exact) mass is 694 g/mol. The fraction of sp³-hybridized carbons (Fsp3) is 0.528. The van der Waals surface area contributed by atoms with Crippen LogP contribution in [0.3, 0.4) is 0 Å². The Balaban J connectivity index is 1.21. The molecule has 1 unspecified atom stereocenters. The van der Waals surface area contributed by atoms with Gasteiger partial charge in [-0.25, -0.2) is 0 Å². The van der Waals surface area contributed by atoms with Gasteiger partial charge in [0.25, 0.3) is 0 Å². The predicted octanol–water partition coefficient (Wildman–Crippen LogP) is 3.87. The van der Waals surface area contributed by atoms with E-state index >= 15 is 0 Å². The lowest BCUT2D eigenvalue weighted by Gasteiger charge is -2.33. The number of allylic oxidation sites excluding steroid dienone is 2. The summed E-state index contributed by atoms with van der Waals surface area (Å²) in [6.07, 6.45) is 8.88. The number of fused-ring (bicyclic) bond motifs is 1. The first-order chi connectivity index (χ1) is 23.3. The summed E-state index contributed by atoms with van der Waals surface area (Å²) in [5.41, 5.74) is 10.7. The number of ether oxygens (including phenoxy) is 2. The summed E-state index contributed by atoms with van der Waals surface area (Å²) >= 11 is 13.2. The Bertz CT molecular complexity index is 1640. The molecule has 0 bridgehead atoms. The maximum absolute atomic E-state index is 12.6. The number of carbonyl (C=O) groups is 2. The van der Waals surface area contributed by atoms with Crippen molar-refractivity contribution in [3.8, 4) is 23.1 Å². The van der Waals surface area contributed by atoms with E-state index in [4.69, 9.17) is 43.5 Å². The largest absolute Gasteiger partial charge is 0.379 e. The summed E-state index contributed by atoms with van der Waals surface area (Å²) in [5.74, 6) is 5.08. The molecular formula is C36H44Cl2N6O4. The first-order valence-corrected chi connectivity index (χ1v) is 17.7. The van der Waals surface area contributed by atoms with Crippen LogP contribution in [0.25, 0.3) is 11.3 Å². The maximum Gasteiger partial charge on any atom is 0.311 e. The molecule has 0 saturated carbocycles. The number of rotatable bonds is 9. The second-order valence-corrected chi connectivity index (χ2v) is 13.8. The molecule has 3 atom stereocenters. The van der Waals surface area contributed by atoms with E-state index < -0.39 is 11.8 Å². The van der Waals surface area contributed by atoms with Gasteiger partial charge in [0.2, 0.25) is 0 Å². The Hall–Kier alpha value is -3.17. The standard InChI is InChI=1S/C36H44Cl2N6O4/c1-24-23-47-17-15-42(24)12-3-13-44-33-11-14-43(36(46)35(39)45)22-30(33)34(41-44)27-8-10-31(37)26(19-27)7-5-25-6-9-32(38)28(18-25)20-40-21-29-4-2-16-48-29/h8-10,18-19,24-25,29,40H,2-4,6,11-17,20-23H2,1H3,(H2,39,45)/t24-,25?,29-/m0/s1. The number of amides is 2. The van der Waals surface area contributed by atoms with E-state index in [1.807, 2.05) is 24.3 Å². The van der Waals surface area contributed by atoms with Gasteiger partial charge in [0.15, 0.2) is 0 Å². The molecule has 10 nitrogen and oxygen atoms in total. The molecule has 2 aromatic rings. The lowest BCUT2D eigenvalue weighted by Crippen LogP contribution is -2.44. The third kappa shape index (κ3) is 8.33. The highest BCUT2D eigenvalue weighted by molar-refractivity contribution is 6.34. The molecule has 0 radical (unpaired) electrons. The lowest BCUT2D eigenvalue weighted by molar-refractivity contribution is -0.144. The molecule has 6 rings (SSSR count). The summed E-state index contributed by atoms with van der Waals surface area (Å²) in [5, 5.41) is 9.87. The number of primary amides is 1. The Morgan fingerprint density at radius 1 is 1.19 bits per heavy atom. The molecular weight excluding hydrogens is 651 g/mol. The van der Waals surface area contributed by atoms with Gasteiger partial charge in [-0.1, -0.05) is 53.3 Å². The molecule has 2 amide bonds. The summed E-state index contributed by atoms with van der Waals surface area (Å²) in [6, 6.07) is 6.13. The van der Waals surface area contributed by atoms with Crippen LogP contribution in [0.1, 0.15) is 49.4 Å². The van der Waals surface area contributed by atoms with Crippen LogP contribution in [0.15, 0.2) is 41.0 Å². The molecule has 1 aromatic heterocycles. The normalized spacial score (nSPS) is 22.8. The Morgan fingerprint density at radius 3 is 2.85 bits per heavy atom. The zero-order valence-electron chi connectivity index (χ0n) is 27.5. The SMILES string of the molecule is C[C@H]1COCCN1CCCn1nc(-c2ccc(Cl)c(C#CC3C=C(CNC[C@@H]4CCCO4)C(Cl)=CC3)c2)c2c1CCN(C(=O)C(N)=O)C2. The van der Waals surface area contributed by atoms with Crippen molar-refractivity contribution < 1.29 is 19.1 Å². The molecule has 4 aliphatic rings. The summed E-state index contributed by atoms with van der Waals surface area (Å²) < 4.78 is 13.4. The van der Waals surface area contributed by atoms with Crippen LogP contribution in [-0.2, 0) is 38.6 Å². The fourth-order valence-corrected chi connectivity index (χ4v) is 7.25. The van der Waals surface area contributed by atoms with E-state index in [1.165, 1.54) is 4.90 Å². The number of hydrogen-bond donors (Lipinski definition) is 2. The molecule has 3 N–H and O–H groups in total. The van der Waals surface area contributed by atoms with Gasteiger partial charge in [-0.3, -0.25) is 19.2 Å². The van der Waals surface area contributed by atoms with Gasteiger partial charge in [-0.15, -0.1) is 0 Å². The van der Waals surface area contributed by atoms with Crippen molar-refractivity contribution in [3.63, 3.8) is 0 Å². The van der Waals surface area contributed by atoms with Gasteiger partial charge in [0.05, 0.1) is 36.6 Å². The molecule has 2 fully saturated rings. The molecule has 2 saturated heterocycles. The van der Waals surface area contributed by atoms with Crippen molar-refractivity contribution >= 4 is 35.0 Å².